The van der Waals surface area contributed by atoms with Crippen LogP contribution < -0.4 is 16.0 Å². The molecule has 0 spiro atoms. The lowest BCUT2D eigenvalue weighted by atomic mass is 10.1. The van der Waals surface area contributed by atoms with Crippen molar-refractivity contribution in [3.63, 3.8) is 0 Å². The van der Waals surface area contributed by atoms with Crippen molar-refractivity contribution in [2.24, 2.45) is 5.73 Å². The Hall–Kier alpha value is -3.78. The molecule has 188 valence electrons. The van der Waals surface area contributed by atoms with Gasteiger partial charge in [0, 0.05) is 36.6 Å². The minimum absolute atomic E-state index is 0.130. The van der Waals surface area contributed by atoms with Crippen molar-refractivity contribution >= 4 is 38.5 Å². The summed E-state index contributed by atoms with van der Waals surface area (Å²) >= 11 is 0. The molecule has 14 heteroatoms. The number of fused-ring (bicyclic) bond motifs is 1. The van der Waals surface area contributed by atoms with Gasteiger partial charge >= 0.3 is 5.51 Å². The Kier molecular flexibility index (Phi) is 6.00. The molecule has 3 aromatic heterocycles. The van der Waals surface area contributed by atoms with E-state index in [9.17, 15) is 21.6 Å². The molecule has 1 aliphatic heterocycles. The van der Waals surface area contributed by atoms with Crippen LogP contribution in [0.4, 0.5) is 30.6 Å². The number of rotatable bonds is 5. The molecule has 0 saturated carbocycles. The van der Waals surface area contributed by atoms with Crippen molar-refractivity contribution in [1.82, 2.24) is 24.9 Å². The van der Waals surface area contributed by atoms with Crippen molar-refractivity contribution in [3.05, 3.63) is 48.9 Å². The zero-order valence-corrected chi connectivity index (χ0v) is 19.5. The SMILES string of the molecule is NC1CCN(c2ccc(-c3nc(Nc4ccc(S(=O)(=O)C(F)(F)F)cc4)nc4nc[nH]c34)cn2)CC1. The number of aromatic amines is 1. The van der Waals surface area contributed by atoms with Crippen LogP contribution in [0.5, 0.6) is 0 Å². The second-order valence-electron chi connectivity index (χ2n) is 8.33. The summed E-state index contributed by atoms with van der Waals surface area (Å²) < 4.78 is 61.5. The molecular formula is C22H21F3N8O2S. The highest BCUT2D eigenvalue weighted by atomic mass is 32.2. The number of imidazole rings is 1. The monoisotopic (exact) mass is 518 g/mol. The van der Waals surface area contributed by atoms with E-state index in [2.05, 4.69) is 35.1 Å². The molecule has 1 fully saturated rings. The van der Waals surface area contributed by atoms with Crippen LogP contribution in [0, 0.1) is 0 Å². The highest BCUT2D eigenvalue weighted by Crippen LogP contribution is 2.32. The number of halogens is 3. The fourth-order valence-electron chi connectivity index (χ4n) is 3.92. The topological polar surface area (TPSA) is 143 Å². The summed E-state index contributed by atoms with van der Waals surface area (Å²) in [7, 11) is -5.43. The molecule has 0 amide bonds. The van der Waals surface area contributed by atoms with Gasteiger partial charge in [-0.3, -0.25) is 0 Å². The number of anilines is 3. The first-order valence-corrected chi connectivity index (χ1v) is 12.5. The van der Waals surface area contributed by atoms with Crippen molar-refractivity contribution in [1.29, 1.82) is 0 Å². The molecule has 0 aliphatic carbocycles. The molecule has 0 unspecified atom stereocenters. The van der Waals surface area contributed by atoms with Crippen LogP contribution in [0.3, 0.4) is 0 Å². The van der Waals surface area contributed by atoms with Crippen LogP contribution in [0.2, 0.25) is 0 Å². The normalized spacial score (nSPS) is 15.4. The number of nitrogens with zero attached hydrogens (tertiary/aromatic N) is 5. The number of nitrogens with one attached hydrogen (secondary N) is 2. The summed E-state index contributed by atoms with van der Waals surface area (Å²) in [5.74, 6) is 0.970. The lowest BCUT2D eigenvalue weighted by molar-refractivity contribution is -0.0436. The quantitative estimate of drug-likeness (QED) is 0.362. The standard InChI is InChI=1S/C22H21F3N8O2S/c23-22(24,25)36(34,35)16-4-2-15(3-5-16)30-21-31-18(19-20(32-21)29-12-28-19)13-1-6-17(27-11-13)33-9-7-14(26)8-10-33/h1-6,11-12,14H,7-10,26H2,(H2,28,29,30,31,32). The maximum Gasteiger partial charge on any atom is 0.501 e. The number of sulfone groups is 1. The van der Waals surface area contributed by atoms with Gasteiger partial charge in [-0.05, 0) is 49.2 Å². The van der Waals surface area contributed by atoms with Crippen LogP contribution >= 0.6 is 0 Å². The molecule has 5 rings (SSSR count). The highest BCUT2D eigenvalue weighted by Gasteiger charge is 2.46. The number of alkyl halides is 3. The first-order valence-electron chi connectivity index (χ1n) is 11.0. The van der Waals surface area contributed by atoms with E-state index in [1.54, 1.807) is 6.20 Å². The summed E-state index contributed by atoms with van der Waals surface area (Å²) in [6.45, 7) is 1.67. The van der Waals surface area contributed by atoms with E-state index in [0.717, 1.165) is 43.9 Å². The summed E-state index contributed by atoms with van der Waals surface area (Å²) in [4.78, 5) is 22.0. The van der Waals surface area contributed by atoms with Crippen LogP contribution in [-0.4, -0.2) is 58.0 Å². The van der Waals surface area contributed by atoms with Gasteiger partial charge in [0.05, 0.1) is 11.2 Å². The smallest absolute Gasteiger partial charge is 0.357 e. The minimum atomic E-state index is -5.43. The third kappa shape index (κ3) is 4.56. The highest BCUT2D eigenvalue weighted by molar-refractivity contribution is 7.92. The number of aromatic nitrogens is 5. The van der Waals surface area contributed by atoms with Gasteiger partial charge in [-0.25, -0.2) is 23.4 Å². The van der Waals surface area contributed by atoms with Gasteiger partial charge in [-0.2, -0.15) is 18.2 Å². The number of nitrogens with two attached hydrogens (primary N) is 1. The fourth-order valence-corrected chi connectivity index (χ4v) is 4.68. The molecule has 0 bridgehead atoms. The van der Waals surface area contributed by atoms with Crippen molar-refractivity contribution < 1.29 is 21.6 Å². The number of hydrogen-bond donors (Lipinski definition) is 3. The van der Waals surface area contributed by atoms with Gasteiger partial charge in [0.2, 0.25) is 5.95 Å². The van der Waals surface area contributed by atoms with Crippen LogP contribution in [0.15, 0.2) is 53.8 Å². The number of benzene rings is 1. The first kappa shape index (κ1) is 23.9. The third-order valence-electron chi connectivity index (χ3n) is 5.90. The molecule has 0 atom stereocenters. The van der Waals surface area contributed by atoms with E-state index in [-0.39, 0.29) is 12.0 Å². The van der Waals surface area contributed by atoms with E-state index in [0.29, 0.717) is 28.1 Å². The molecule has 4 heterocycles. The number of H-pyrrole nitrogens is 1. The van der Waals surface area contributed by atoms with Gasteiger partial charge < -0.3 is 20.9 Å². The second-order valence-corrected chi connectivity index (χ2v) is 10.3. The van der Waals surface area contributed by atoms with E-state index in [1.807, 2.05) is 12.1 Å². The maximum atomic E-state index is 12.8. The van der Waals surface area contributed by atoms with Gasteiger partial charge in [0.25, 0.3) is 9.84 Å². The van der Waals surface area contributed by atoms with Crippen molar-refractivity contribution in [2.75, 3.05) is 23.3 Å². The third-order valence-corrected chi connectivity index (χ3v) is 7.40. The van der Waals surface area contributed by atoms with Gasteiger partial charge in [0.1, 0.15) is 17.0 Å². The average Bonchev–Trinajstić information content (AvgIpc) is 3.33. The minimum Gasteiger partial charge on any atom is -0.357 e. The molecular weight excluding hydrogens is 497 g/mol. The fraction of sp³-hybridized carbons (Fsp3) is 0.273. The molecule has 4 aromatic rings. The number of pyridine rings is 1. The van der Waals surface area contributed by atoms with Crippen LogP contribution in [0.1, 0.15) is 12.8 Å². The Bertz CT molecular complexity index is 1480. The molecule has 0 radical (unpaired) electrons. The molecule has 1 aromatic carbocycles. The van der Waals surface area contributed by atoms with Crippen molar-refractivity contribution in [3.8, 4) is 11.3 Å². The Morgan fingerprint density at radius 2 is 1.75 bits per heavy atom. The predicted octanol–water partition coefficient (Wildman–Crippen LogP) is 3.38. The van der Waals surface area contributed by atoms with Crippen LogP contribution in [0.25, 0.3) is 22.4 Å². The summed E-state index contributed by atoms with van der Waals surface area (Å²) in [5, 5.41) is 2.89. The maximum absolute atomic E-state index is 12.8. The summed E-state index contributed by atoms with van der Waals surface area (Å²) in [6.07, 6.45) is 4.99. The average molecular weight is 519 g/mol. The van der Waals surface area contributed by atoms with E-state index < -0.39 is 20.2 Å². The van der Waals surface area contributed by atoms with Crippen molar-refractivity contribution in [2.45, 2.75) is 29.3 Å². The zero-order chi connectivity index (χ0) is 25.5. The predicted molar refractivity (Wildman–Crippen MR) is 127 cm³/mol. The van der Waals surface area contributed by atoms with Gasteiger partial charge in [0.15, 0.2) is 5.65 Å². The molecule has 4 N–H and O–H groups in total. The Morgan fingerprint density at radius 1 is 1.03 bits per heavy atom. The first-order chi connectivity index (χ1) is 17.1. The molecule has 36 heavy (non-hydrogen) atoms. The van der Waals surface area contributed by atoms with Gasteiger partial charge in [-0.1, -0.05) is 0 Å². The lowest BCUT2D eigenvalue weighted by Gasteiger charge is -2.31. The van der Waals surface area contributed by atoms with E-state index >= 15 is 0 Å². The number of hydrogen-bond acceptors (Lipinski definition) is 9. The van der Waals surface area contributed by atoms with Gasteiger partial charge in [-0.15, -0.1) is 0 Å². The number of piperidine rings is 1. The Balaban J connectivity index is 1.41. The van der Waals surface area contributed by atoms with E-state index in [4.69, 9.17) is 5.73 Å². The largest absolute Gasteiger partial charge is 0.501 e. The Morgan fingerprint density at radius 3 is 2.39 bits per heavy atom. The molecule has 1 saturated heterocycles. The second kappa shape index (κ2) is 9.02. The summed E-state index contributed by atoms with van der Waals surface area (Å²) in [5.41, 5.74) is 3.09. The van der Waals surface area contributed by atoms with E-state index in [1.165, 1.54) is 18.5 Å². The lowest BCUT2D eigenvalue weighted by Crippen LogP contribution is -2.40. The summed E-state index contributed by atoms with van der Waals surface area (Å²) in [6, 6.07) is 8.16. The molecule has 10 nitrogen and oxygen atoms in total. The Labute approximate surface area is 203 Å². The van der Waals surface area contributed by atoms with Crippen LogP contribution in [-0.2, 0) is 9.84 Å². The molecule has 1 aliphatic rings. The zero-order valence-electron chi connectivity index (χ0n) is 18.7.